The average Bonchev–Trinajstić information content (AvgIpc) is 2.73. The molecular formula is C20H10Br4O8S. The molecule has 0 amide bonds. The van der Waals surface area contributed by atoms with E-state index in [1.54, 1.807) is 0 Å². The lowest BCUT2D eigenvalue weighted by Crippen LogP contribution is -2.14. The number of carboxylic acid groups (broad SMARTS) is 1. The van der Waals surface area contributed by atoms with Gasteiger partial charge in [0.1, 0.15) is 11.5 Å². The Kier molecular flexibility index (Phi) is 7.58. The van der Waals surface area contributed by atoms with Gasteiger partial charge in [-0.25, -0.2) is 18.0 Å². The average molecular weight is 730 g/mol. The normalized spacial score (nSPS) is 11.3. The number of hydrogen-bond acceptors (Lipinski definition) is 7. The third kappa shape index (κ3) is 5.27. The fraction of sp³-hybridized carbons (Fsp3) is 0. The van der Waals surface area contributed by atoms with Gasteiger partial charge in [0.25, 0.3) is 0 Å². The molecule has 3 aromatic rings. The molecule has 0 unspecified atom stereocenters. The molecule has 33 heavy (non-hydrogen) atoms. The van der Waals surface area contributed by atoms with Gasteiger partial charge in [0, 0.05) is 0 Å². The number of hydrogen-bond donors (Lipinski definition) is 3. The first kappa shape index (κ1) is 25.7. The first-order valence-corrected chi connectivity index (χ1v) is 13.2. The van der Waals surface area contributed by atoms with Gasteiger partial charge in [0.05, 0.1) is 38.8 Å². The summed E-state index contributed by atoms with van der Waals surface area (Å²) in [5.41, 5.74) is -0.774. The Hall–Kier alpha value is -1.93. The molecule has 0 fully saturated rings. The van der Waals surface area contributed by atoms with Crippen LogP contribution in [0, 0.1) is 0 Å². The predicted molar refractivity (Wildman–Crippen MR) is 131 cm³/mol. The number of benzene rings is 3. The summed E-state index contributed by atoms with van der Waals surface area (Å²) in [5, 5.41) is 28.6. The lowest BCUT2D eigenvalue weighted by molar-refractivity contribution is 0.0666. The summed E-state index contributed by atoms with van der Waals surface area (Å²) in [6.45, 7) is 0. The first-order valence-electron chi connectivity index (χ1n) is 8.53. The van der Waals surface area contributed by atoms with Crippen LogP contribution in [-0.4, -0.2) is 35.7 Å². The number of aromatic carboxylic acids is 1. The summed E-state index contributed by atoms with van der Waals surface area (Å²) in [7, 11) is -4.04. The summed E-state index contributed by atoms with van der Waals surface area (Å²) in [4.78, 5) is 23.7. The predicted octanol–water partition coefficient (Wildman–Crippen LogP) is 5.90. The van der Waals surface area contributed by atoms with Crippen molar-refractivity contribution in [2.24, 2.45) is 0 Å². The molecular weight excluding hydrogens is 720 g/mol. The number of esters is 1. The van der Waals surface area contributed by atoms with Crippen LogP contribution in [0.15, 0.2) is 70.1 Å². The smallest absolute Gasteiger partial charge is 0.344 e. The molecule has 0 saturated heterocycles. The van der Waals surface area contributed by atoms with Gasteiger partial charge in [-0.2, -0.15) is 0 Å². The molecule has 0 saturated carbocycles. The van der Waals surface area contributed by atoms with Crippen LogP contribution in [-0.2, 0) is 9.84 Å². The van der Waals surface area contributed by atoms with Crippen LogP contribution < -0.4 is 4.74 Å². The molecule has 0 aliphatic heterocycles. The third-order valence-corrected chi connectivity index (χ3v) is 8.33. The Bertz CT molecular complexity index is 1370. The van der Waals surface area contributed by atoms with E-state index in [1.807, 2.05) is 0 Å². The lowest BCUT2D eigenvalue weighted by Gasteiger charge is -2.13. The zero-order valence-electron chi connectivity index (χ0n) is 15.8. The van der Waals surface area contributed by atoms with Crippen molar-refractivity contribution in [3.63, 3.8) is 0 Å². The molecule has 3 aromatic carbocycles. The summed E-state index contributed by atoms with van der Waals surface area (Å²) in [5.74, 6) is -3.06. The van der Waals surface area contributed by atoms with E-state index in [-0.39, 0.29) is 50.5 Å². The molecule has 3 rings (SSSR count). The number of carboxylic acids is 1. The topological polar surface area (TPSA) is 138 Å². The van der Waals surface area contributed by atoms with Crippen molar-refractivity contribution in [1.29, 1.82) is 0 Å². The van der Waals surface area contributed by atoms with Crippen LogP contribution in [0.5, 0.6) is 17.2 Å². The molecule has 0 aliphatic rings. The monoisotopic (exact) mass is 726 g/mol. The molecule has 13 heteroatoms. The van der Waals surface area contributed by atoms with Crippen LogP contribution in [0.3, 0.4) is 0 Å². The van der Waals surface area contributed by atoms with E-state index in [4.69, 9.17) is 4.74 Å². The van der Waals surface area contributed by atoms with E-state index >= 15 is 0 Å². The Morgan fingerprint density at radius 3 is 1.73 bits per heavy atom. The van der Waals surface area contributed by atoms with Crippen LogP contribution in [0.2, 0.25) is 0 Å². The van der Waals surface area contributed by atoms with Gasteiger partial charge >= 0.3 is 11.9 Å². The van der Waals surface area contributed by atoms with Crippen molar-refractivity contribution in [1.82, 2.24) is 0 Å². The quantitative estimate of drug-likeness (QED) is 0.218. The van der Waals surface area contributed by atoms with Crippen molar-refractivity contribution in [2.75, 3.05) is 0 Å². The fourth-order valence-electron chi connectivity index (χ4n) is 2.66. The number of halogens is 4. The Labute approximate surface area is 220 Å². The fourth-order valence-corrected chi connectivity index (χ4v) is 7.16. The van der Waals surface area contributed by atoms with Crippen molar-refractivity contribution in [3.05, 3.63) is 71.5 Å². The Morgan fingerprint density at radius 1 is 0.758 bits per heavy atom. The molecule has 0 bridgehead atoms. The van der Waals surface area contributed by atoms with Crippen molar-refractivity contribution in [3.8, 4) is 17.2 Å². The maximum absolute atomic E-state index is 13.1. The van der Waals surface area contributed by atoms with Crippen molar-refractivity contribution in [2.45, 2.75) is 9.79 Å². The number of carbonyl (C=O) groups is 2. The van der Waals surface area contributed by atoms with Crippen LogP contribution in [0.25, 0.3) is 0 Å². The summed E-state index contributed by atoms with van der Waals surface area (Å²) >= 11 is 12.5. The highest BCUT2D eigenvalue weighted by molar-refractivity contribution is 9.11. The minimum atomic E-state index is -4.04. The SMILES string of the molecule is O=C(O)c1cc(O)ccc1C(=O)Oc1c(Br)cc(S(=O)(=O)c2cc(Br)c(O)c(Br)c2)cc1Br. The van der Waals surface area contributed by atoms with Crippen LogP contribution in [0.1, 0.15) is 20.7 Å². The van der Waals surface area contributed by atoms with Crippen molar-refractivity contribution >= 4 is 85.5 Å². The molecule has 3 N–H and O–H groups in total. The highest BCUT2D eigenvalue weighted by Crippen LogP contribution is 2.40. The lowest BCUT2D eigenvalue weighted by atomic mass is 10.1. The van der Waals surface area contributed by atoms with Gasteiger partial charge in [0.2, 0.25) is 9.84 Å². The second kappa shape index (κ2) is 9.74. The molecule has 8 nitrogen and oxygen atoms in total. The summed E-state index contributed by atoms with van der Waals surface area (Å²) < 4.78 is 32.0. The molecule has 172 valence electrons. The molecule has 0 aliphatic carbocycles. The zero-order valence-corrected chi connectivity index (χ0v) is 23.0. The summed E-state index contributed by atoms with van der Waals surface area (Å²) in [6.07, 6.45) is 0. The Morgan fingerprint density at radius 2 is 1.24 bits per heavy atom. The largest absolute Gasteiger partial charge is 0.508 e. The third-order valence-electron chi connectivity index (χ3n) is 4.23. The number of sulfone groups is 1. The second-order valence-corrected chi connectivity index (χ2v) is 11.7. The highest BCUT2D eigenvalue weighted by atomic mass is 79.9. The molecule has 0 radical (unpaired) electrons. The van der Waals surface area contributed by atoms with Gasteiger partial charge in [-0.05, 0) is 106 Å². The minimum Gasteiger partial charge on any atom is -0.508 e. The van der Waals surface area contributed by atoms with Crippen molar-refractivity contribution < 1.29 is 38.1 Å². The van der Waals surface area contributed by atoms with E-state index < -0.39 is 27.3 Å². The molecule has 0 heterocycles. The summed E-state index contributed by atoms with van der Waals surface area (Å²) in [6, 6.07) is 8.05. The maximum Gasteiger partial charge on any atom is 0.344 e. The van der Waals surface area contributed by atoms with E-state index in [0.29, 0.717) is 0 Å². The maximum atomic E-state index is 13.1. The minimum absolute atomic E-state index is 0.0866. The number of phenols is 2. The highest BCUT2D eigenvalue weighted by Gasteiger charge is 2.25. The number of aromatic hydroxyl groups is 2. The number of ether oxygens (including phenoxy) is 1. The van der Waals surface area contributed by atoms with E-state index in [2.05, 4.69) is 63.7 Å². The molecule has 0 atom stereocenters. The van der Waals surface area contributed by atoms with E-state index in [0.717, 1.165) is 18.2 Å². The number of phenolic OH excluding ortho intramolecular Hbond substituents is 2. The standard InChI is InChI=1S/C20H10Br4O8S/c21-13-4-9(5-14(22)17(13)26)33(30,31)10-6-15(23)18(16(24)7-10)32-20(29)11-2-1-8(25)3-12(11)19(27)28/h1-7,25-26H,(H,27,28). The van der Waals surface area contributed by atoms with Gasteiger partial charge in [-0.15, -0.1) is 0 Å². The number of carbonyl (C=O) groups excluding carboxylic acids is 1. The second-order valence-electron chi connectivity index (χ2n) is 6.38. The van der Waals surface area contributed by atoms with Gasteiger partial charge < -0.3 is 20.1 Å². The first-order chi connectivity index (χ1) is 15.3. The number of rotatable bonds is 5. The van der Waals surface area contributed by atoms with E-state index in [1.165, 1.54) is 24.3 Å². The van der Waals surface area contributed by atoms with Gasteiger partial charge in [-0.3, -0.25) is 0 Å². The molecule has 0 aromatic heterocycles. The zero-order chi connectivity index (χ0) is 24.7. The Balaban J connectivity index is 2.01. The molecule has 0 spiro atoms. The van der Waals surface area contributed by atoms with Gasteiger partial charge in [-0.1, -0.05) is 0 Å². The van der Waals surface area contributed by atoms with E-state index in [9.17, 15) is 33.3 Å². The van der Waals surface area contributed by atoms with Crippen LogP contribution >= 0.6 is 63.7 Å². The van der Waals surface area contributed by atoms with Gasteiger partial charge in [0.15, 0.2) is 5.75 Å². The van der Waals surface area contributed by atoms with Crippen LogP contribution in [0.4, 0.5) is 0 Å².